The van der Waals surface area contributed by atoms with Crippen LogP contribution in [0.2, 0.25) is 0 Å². The third-order valence-corrected chi connectivity index (χ3v) is 3.17. The van der Waals surface area contributed by atoms with Crippen molar-refractivity contribution >= 4 is 12.2 Å². The molecule has 0 saturated heterocycles. The topological polar surface area (TPSA) is 67.1 Å². The molecule has 1 aromatic carbocycles. The smallest absolute Gasteiger partial charge is 0.227 e. The first-order chi connectivity index (χ1) is 11.1. The van der Waals surface area contributed by atoms with Gasteiger partial charge in [-0.2, -0.15) is 0 Å². The first-order valence-corrected chi connectivity index (χ1v) is 6.77. The van der Waals surface area contributed by atoms with E-state index in [1.54, 1.807) is 45.6 Å². The summed E-state index contributed by atoms with van der Waals surface area (Å²) in [5.41, 5.74) is 0.557. The molecule has 0 fully saturated rings. The summed E-state index contributed by atoms with van der Waals surface area (Å²) in [7, 11) is 6.06. The van der Waals surface area contributed by atoms with E-state index < -0.39 is 0 Å². The van der Waals surface area contributed by atoms with Gasteiger partial charge in [-0.05, 0) is 23.8 Å². The maximum Gasteiger partial charge on any atom is 0.227 e. The van der Waals surface area contributed by atoms with E-state index in [1.807, 2.05) is 0 Å². The van der Waals surface area contributed by atoms with Crippen LogP contribution in [0.4, 0.5) is 0 Å². The number of hydrogen-bond donors (Lipinski definition) is 0. The van der Waals surface area contributed by atoms with Crippen molar-refractivity contribution < 1.29 is 23.4 Å². The Morgan fingerprint density at radius 1 is 0.826 bits per heavy atom. The molecule has 1 heterocycles. The lowest BCUT2D eigenvalue weighted by molar-refractivity contribution is 0.324. The molecule has 23 heavy (non-hydrogen) atoms. The summed E-state index contributed by atoms with van der Waals surface area (Å²) in [5.74, 6) is 2.17. The molecule has 0 spiro atoms. The van der Waals surface area contributed by atoms with Gasteiger partial charge >= 0.3 is 0 Å². The third-order valence-electron chi connectivity index (χ3n) is 3.17. The lowest BCUT2D eigenvalue weighted by Gasteiger charge is -2.12. The maximum atomic E-state index is 11.7. The molecule has 2 rings (SSSR count). The second kappa shape index (κ2) is 7.40. The Morgan fingerprint density at radius 3 is 1.91 bits per heavy atom. The van der Waals surface area contributed by atoms with Crippen LogP contribution in [0.15, 0.2) is 33.7 Å². The molecule has 0 aliphatic carbocycles. The van der Waals surface area contributed by atoms with Crippen LogP contribution in [-0.4, -0.2) is 28.4 Å². The molecule has 0 saturated carbocycles. The fourth-order valence-electron chi connectivity index (χ4n) is 2.03. The minimum absolute atomic E-state index is 0.162. The molecule has 0 radical (unpaired) electrons. The Kier molecular flexibility index (Phi) is 5.30. The zero-order valence-corrected chi connectivity index (χ0v) is 13.4. The Morgan fingerprint density at radius 2 is 1.43 bits per heavy atom. The summed E-state index contributed by atoms with van der Waals surface area (Å²) >= 11 is 0. The Bertz CT molecular complexity index is 735. The minimum atomic E-state index is -0.247. The highest BCUT2D eigenvalue weighted by Gasteiger charge is 2.12. The maximum absolute atomic E-state index is 11.7. The third kappa shape index (κ3) is 3.66. The molecule has 0 bridgehead atoms. The first-order valence-electron chi connectivity index (χ1n) is 6.77. The molecule has 6 nitrogen and oxygen atoms in total. The molecule has 2 aromatic rings. The molecular weight excluding hydrogens is 300 g/mol. The standard InChI is InChI=1S/C17H18O6/c1-19-14-7-11(8-15(20-2)17(14)22-4)5-6-12-9-13(18)16(21-3)10-23-12/h5-10H,1-4H3/b6-5+. The fourth-order valence-corrected chi connectivity index (χ4v) is 2.03. The quantitative estimate of drug-likeness (QED) is 0.816. The van der Waals surface area contributed by atoms with Crippen molar-refractivity contribution in [3.63, 3.8) is 0 Å². The molecule has 0 atom stereocenters. The van der Waals surface area contributed by atoms with Gasteiger partial charge in [0.2, 0.25) is 16.9 Å². The van der Waals surface area contributed by atoms with Crippen LogP contribution in [0.5, 0.6) is 23.0 Å². The molecule has 0 aliphatic heterocycles. The first kappa shape index (κ1) is 16.5. The average molecular weight is 318 g/mol. The van der Waals surface area contributed by atoms with Crippen molar-refractivity contribution in [2.24, 2.45) is 0 Å². The van der Waals surface area contributed by atoms with Gasteiger partial charge < -0.3 is 23.4 Å². The van der Waals surface area contributed by atoms with Gasteiger partial charge in [-0.15, -0.1) is 0 Å². The molecular formula is C17H18O6. The van der Waals surface area contributed by atoms with Gasteiger partial charge in [0.15, 0.2) is 11.5 Å². The van der Waals surface area contributed by atoms with E-state index in [9.17, 15) is 4.79 Å². The fraction of sp³-hybridized carbons (Fsp3) is 0.235. The van der Waals surface area contributed by atoms with Crippen molar-refractivity contribution in [3.8, 4) is 23.0 Å². The van der Waals surface area contributed by atoms with Gasteiger partial charge in [0, 0.05) is 6.07 Å². The zero-order chi connectivity index (χ0) is 16.8. The largest absolute Gasteiger partial charge is 0.493 e. The van der Waals surface area contributed by atoms with Crippen LogP contribution >= 0.6 is 0 Å². The number of methoxy groups -OCH3 is 4. The van der Waals surface area contributed by atoms with E-state index >= 15 is 0 Å². The summed E-state index contributed by atoms with van der Waals surface area (Å²) < 4.78 is 26.0. The van der Waals surface area contributed by atoms with E-state index in [0.717, 1.165) is 5.56 Å². The van der Waals surface area contributed by atoms with Crippen LogP contribution in [0.25, 0.3) is 12.2 Å². The highest BCUT2D eigenvalue weighted by Crippen LogP contribution is 2.38. The van der Waals surface area contributed by atoms with Crippen molar-refractivity contribution in [3.05, 3.63) is 46.0 Å². The van der Waals surface area contributed by atoms with Gasteiger partial charge in [-0.3, -0.25) is 4.79 Å². The van der Waals surface area contributed by atoms with Crippen LogP contribution in [-0.2, 0) is 0 Å². The summed E-state index contributed by atoms with van der Waals surface area (Å²) in [4.78, 5) is 11.7. The lowest BCUT2D eigenvalue weighted by Crippen LogP contribution is -2.03. The molecule has 0 N–H and O–H groups in total. The van der Waals surface area contributed by atoms with Crippen molar-refractivity contribution in [1.82, 2.24) is 0 Å². The van der Waals surface area contributed by atoms with Crippen LogP contribution in [0, 0.1) is 0 Å². The SMILES string of the molecule is COc1cc(/C=C/c2cc(=O)c(OC)co2)cc(OC)c1OC. The summed E-state index contributed by atoms with van der Waals surface area (Å²) in [6, 6.07) is 4.94. The van der Waals surface area contributed by atoms with E-state index in [1.165, 1.54) is 19.4 Å². The number of hydrogen-bond acceptors (Lipinski definition) is 6. The molecule has 0 aliphatic rings. The van der Waals surface area contributed by atoms with E-state index in [0.29, 0.717) is 23.0 Å². The van der Waals surface area contributed by atoms with E-state index in [-0.39, 0.29) is 11.2 Å². The zero-order valence-electron chi connectivity index (χ0n) is 13.4. The predicted octanol–water partition coefficient (Wildman–Crippen LogP) is 2.84. The number of benzene rings is 1. The summed E-state index contributed by atoms with van der Waals surface area (Å²) in [5, 5.41) is 0. The lowest BCUT2D eigenvalue weighted by atomic mass is 10.1. The van der Waals surface area contributed by atoms with Gasteiger partial charge in [-0.25, -0.2) is 0 Å². The highest BCUT2D eigenvalue weighted by molar-refractivity contribution is 5.71. The molecule has 0 amide bonds. The molecule has 1 aromatic heterocycles. The van der Waals surface area contributed by atoms with E-state index in [2.05, 4.69) is 0 Å². The van der Waals surface area contributed by atoms with Crippen molar-refractivity contribution in [1.29, 1.82) is 0 Å². The Labute approximate surface area is 133 Å². The van der Waals surface area contributed by atoms with Crippen LogP contribution in [0.3, 0.4) is 0 Å². The Hall–Kier alpha value is -2.89. The van der Waals surface area contributed by atoms with Crippen molar-refractivity contribution in [2.75, 3.05) is 28.4 Å². The summed E-state index contributed by atoms with van der Waals surface area (Å²) in [6.45, 7) is 0. The van der Waals surface area contributed by atoms with Crippen LogP contribution < -0.4 is 24.4 Å². The second-order valence-corrected chi connectivity index (χ2v) is 4.51. The molecule has 122 valence electrons. The highest BCUT2D eigenvalue weighted by atomic mass is 16.5. The average Bonchev–Trinajstić information content (AvgIpc) is 2.58. The Balaban J connectivity index is 2.35. The molecule has 0 unspecified atom stereocenters. The second-order valence-electron chi connectivity index (χ2n) is 4.51. The number of ether oxygens (including phenoxy) is 4. The van der Waals surface area contributed by atoms with Gasteiger partial charge in [0.05, 0.1) is 28.4 Å². The van der Waals surface area contributed by atoms with Gasteiger partial charge in [-0.1, -0.05) is 6.08 Å². The van der Waals surface area contributed by atoms with Crippen molar-refractivity contribution in [2.45, 2.75) is 0 Å². The number of rotatable bonds is 6. The van der Waals surface area contributed by atoms with Crippen LogP contribution in [0.1, 0.15) is 11.3 Å². The normalized spacial score (nSPS) is 10.6. The molecule has 6 heteroatoms. The van der Waals surface area contributed by atoms with E-state index in [4.69, 9.17) is 23.4 Å². The summed E-state index contributed by atoms with van der Waals surface area (Å²) in [6.07, 6.45) is 4.72. The minimum Gasteiger partial charge on any atom is -0.493 e. The monoisotopic (exact) mass is 318 g/mol. The van der Waals surface area contributed by atoms with Gasteiger partial charge in [0.25, 0.3) is 0 Å². The van der Waals surface area contributed by atoms with Gasteiger partial charge in [0.1, 0.15) is 12.0 Å². The predicted molar refractivity (Wildman–Crippen MR) is 86.6 cm³/mol.